The number of hydrogen-bond acceptors (Lipinski definition) is 7. The molecule has 0 amide bonds. The lowest BCUT2D eigenvalue weighted by atomic mass is 10.3. The second-order valence-electron chi connectivity index (χ2n) is 4.87. The van der Waals surface area contributed by atoms with Gasteiger partial charge in [0.25, 0.3) is 16.1 Å². The highest BCUT2D eigenvalue weighted by molar-refractivity contribution is 7.87. The maximum Gasteiger partial charge on any atom is 0.287 e. The Bertz CT molecular complexity index is 874. The van der Waals surface area contributed by atoms with Crippen LogP contribution in [0.25, 0.3) is 0 Å². The first-order valence-electron chi connectivity index (χ1n) is 6.73. The van der Waals surface area contributed by atoms with E-state index in [1.165, 1.54) is 12.1 Å². The van der Waals surface area contributed by atoms with E-state index in [1.807, 2.05) is 0 Å². The molecule has 1 heterocycles. The summed E-state index contributed by atoms with van der Waals surface area (Å²) in [7, 11) is -3.86. The van der Waals surface area contributed by atoms with Crippen molar-refractivity contribution in [3.8, 4) is 5.88 Å². The minimum atomic E-state index is -3.86. The van der Waals surface area contributed by atoms with Crippen molar-refractivity contribution in [2.75, 3.05) is 11.9 Å². The minimum absolute atomic E-state index is 0.0668. The predicted molar refractivity (Wildman–Crippen MR) is 87.4 cm³/mol. The van der Waals surface area contributed by atoms with Crippen molar-refractivity contribution < 1.29 is 22.2 Å². The number of benzene rings is 1. The Morgan fingerprint density at radius 2 is 2.24 bits per heavy atom. The number of halogens is 2. The molecule has 5 N–H and O–H groups in total. The van der Waals surface area contributed by atoms with Crippen molar-refractivity contribution in [1.29, 1.82) is 5.41 Å². The van der Waals surface area contributed by atoms with E-state index in [0.717, 1.165) is 6.07 Å². The molecule has 1 aromatic heterocycles. The minimum Gasteiger partial charge on any atom is -0.469 e. The number of aromatic nitrogens is 2. The molecule has 0 fully saturated rings. The standard InChI is InChI=1S/C12H14ClFN6O4S/c1-6(5-17-25(16,21)22)23-12-10(19-24-20-12)11(15)18-7-2-3-9(14)8(13)4-7/h2-4,6,17H,5H2,1H3,(H2,15,18)(H2,16,21,22)/t6-/m1/s1. The molecule has 10 nitrogen and oxygen atoms in total. The van der Waals surface area contributed by atoms with Crippen LogP contribution in [0.1, 0.15) is 12.6 Å². The highest BCUT2D eigenvalue weighted by atomic mass is 35.5. The molecule has 0 aliphatic heterocycles. The van der Waals surface area contributed by atoms with Crippen LogP contribution in [0.15, 0.2) is 22.8 Å². The molecule has 13 heteroatoms. The van der Waals surface area contributed by atoms with Gasteiger partial charge in [0, 0.05) is 12.2 Å². The average Bonchev–Trinajstić information content (AvgIpc) is 2.96. The smallest absolute Gasteiger partial charge is 0.287 e. The van der Waals surface area contributed by atoms with Gasteiger partial charge in [0.15, 0.2) is 5.84 Å². The summed E-state index contributed by atoms with van der Waals surface area (Å²) in [4.78, 5) is 0. The first kappa shape index (κ1) is 19.1. The number of amidine groups is 1. The summed E-state index contributed by atoms with van der Waals surface area (Å²) < 4.78 is 46.8. The van der Waals surface area contributed by atoms with Gasteiger partial charge in [-0.05, 0) is 35.4 Å². The van der Waals surface area contributed by atoms with Gasteiger partial charge in [-0.2, -0.15) is 13.1 Å². The van der Waals surface area contributed by atoms with Gasteiger partial charge in [-0.15, -0.1) is 0 Å². The third-order valence-corrected chi connectivity index (χ3v) is 3.63. The molecule has 0 unspecified atom stereocenters. The van der Waals surface area contributed by atoms with Gasteiger partial charge in [0.2, 0.25) is 5.69 Å². The summed E-state index contributed by atoms with van der Waals surface area (Å²) in [5.74, 6) is -0.970. The van der Waals surface area contributed by atoms with Crippen molar-refractivity contribution in [3.05, 3.63) is 34.7 Å². The molecule has 0 radical (unpaired) electrons. The zero-order valence-electron chi connectivity index (χ0n) is 12.8. The van der Waals surface area contributed by atoms with E-state index in [4.69, 9.17) is 26.9 Å². The van der Waals surface area contributed by atoms with Crippen LogP contribution in [0, 0.1) is 11.2 Å². The zero-order chi connectivity index (χ0) is 18.6. The molecule has 136 valence electrons. The molecule has 2 aromatic rings. The molecular formula is C12H14ClFN6O4S. The van der Waals surface area contributed by atoms with Gasteiger partial charge in [-0.25, -0.2) is 14.2 Å². The Morgan fingerprint density at radius 1 is 1.52 bits per heavy atom. The van der Waals surface area contributed by atoms with Crippen LogP contribution in [0.2, 0.25) is 5.02 Å². The number of hydrogen-bond donors (Lipinski definition) is 4. The number of nitrogens with zero attached hydrogens (tertiary/aromatic N) is 2. The number of nitrogens with one attached hydrogen (secondary N) is 3. The van der Waals surface area contributed by atoms with E-state index in [-0.39, 0.29) is 29.0 Å². The largest absolute Gasteiger partial charge is 0.469 e. The Morgan fingerprint density at radius 3 is 2.88 bits per heavy atom. The van der Waals surface area contributed by atoms with Gasteiger partial charge in [0.1, 0.15) is 11.9 Å². The van der Waals surface area contributed by atoms with Gasteiger partial charge in [-0.3, -0.25) is 5.41 Å². The normalized spacial score (nSPS) is 12.6. The summed E-state index contributed by atoms with van der Waals surface area (Å²) >= 11 is 5.67. The first-order chi connectivity index (χ1) is 11.7. The summed E-state index contributed by atoms with van der Waals surface area (Å²) in [5.41, 5.74) is 0.275. The molecule has 0 aliphatic carbocycles. The molecule has 0 spiro atoms. The molecule has 0 saturated carbocycles. The van der Waals surface area contributed by atoms with Crippen molar-refractivity contribution in [2.45, 2.75) is 13.0 Å². The molecule has 25 heavy (non-hydrogen) atoms. The molecule has 1 atom stereocenters. The lowest BCUT2D eigenvalue weighted by Gasteiger charge is -2.13. The van der Waals surface area contributed by atoms with Gasteiger partial charge < -0.3 is 10.1 Å². The van der Waals surface area contributed by atoms with Crippen LogP contribution in [-0.2, 0) is 10.2 Å². The van der Waals surface area contributed by atoms with Crippen LogP contribution in [0.5, 0.6) is 5.88 Å². The van der Waals surface area contributed by atoms with Crippen LogP contribution in [0.4, 0.5) is 10.1 Å². The summed E-state index contributed by atoms with van der Waals surface area (Å²) in [6.07, 6.45) is -0.669. The van der Waals surface area contributed by atoms with Crippen molar-refractivity contribution in [3.63, 3.8) is 0 Å². The maximum absolute atomic E-state index is 13.1. The molecular weight excluding hydrogens is 379 g/mol. The highest BCUT2D eigenvalue weighted by Gasteiger charge is 2.20. The van der Waals surface area contributed by atoms with Gasteiger partial charge in [-0.1, -0.05) is 11.6 Å². The first-order valence-corrected chi connectivity index (χ1v) is 8.65. The second-order valence-corrected chi connectivity index (χ2v) is 6.65. The topological polar surface area (TPSA) is 156 Å². The third kappa shape index (κ3) is 5.63. The number of nitrogens with two attached hydrogens (primary N) is 1. The lowest BCUT2D eigenvalue weighted by Crippen LogP contribution is -2.37. The van der Waals surface area contributed by atoms with E-state index in [9.17, 15) is 12.8 Å². The average molecular weight is 393 g/mol. The van der Waals surface area contributed by atoms with Crippen molar-refractivity contribution in [1.82, 2.24) is 15.0 Å². The Balaban J connectivity index is 2.04. The van der Waals surface area contributed by atoms with Gasteiger partial charge in [0.05, 0.1) is 5.02 Å². The fraction of sp³-hybridized carbons (Fsp3) is 0.250. The number of rotatable bonds is 7. The Labute approximate surface area is 147 Å². The third-order valence-electron chi connectivity index (χ3n) is 2.77. The maximum atomic E-state index is 13.1. The summed E-state index contributed by atoms with van der Waals surface area (Å²) in [6.45, 7) is 1.42. The fourth-order valence-electron chi connectivity index (χ4n) is 1.65. The van der Waals surface area contributed by atoms with Gasteiger partial charge >= 0.3 is 0 Å². The Hall–Kier alpha value is -2.28. The lowest BCUT2D eigenvalue weighted by molar-refractivity contribution is 0.197. The highest BCUT2D eigenvalue weighted by Crippen LogP contribution is 2.21. The van der Waals surface area contributed by atoms with Crippen LogP contribution in [0.3, 0.4) is 0 Å². The van der Waals surface area contributed by atoms with E-state index >= 15 is 0 Å². The Kier molecular flexibility index (Phi) is 5.89. The van der Waals surface area contributed by atoms with E-state index in [2.05, 4.69) is 25.0 Å². The van der Waals surface area contributed by atoms with Crippen molar-refractivity contribution in [2.24, 2.45) is 5.14 Å². The van der Waals surface area contributed by atoms with Crippen LogP contribution in [-0.4, -0.2) is 37.2 Å². The van der Waals surface area contributed by atoms with E-state index in [0.29, 0.717) is 5.69 Å². The second kappa shape index (κ2) is 7.74. The number of anilines is 1. The monoisotopic (exact) mass is 392 g/mol. The molecule has 0 saturated heterocycles. The molecule has 0 aliphatic rings. The quantitative estimate of drug-likeness (QED) is 0.402. The summed E-state index contributed by atoms with van der Waals surface area (Å²) in [6, 6.07) is 3.80. The van der Waals surface area contributed by atoms with Crippen LogP contribution < -0.4 is 19.9 Å². The summed E-state index contributed by atoms with van der Waals surface area (Å²) in [5, 5.41) is 22.4. The van der Waals surface area contributed by atoms with E-state index < -0.39 is 22.1 Å². The van der Waals surface area contributed by atoms with Crippen LogP contribution >= 0.6 is 11.6 Å². The SMILES string of the molecule is C[C@H](CNS(N)(=O)=O)Oc1nonc1C(=N)Nc1ccc(F)c(Cl)c1. The molecule has 1 aromatic carbocycles. The van der Waals surface area contributed by atoms with Crippen molar-refractivity contribution >= 4 is 33.3 Å². The predicted octanol–water partition coefficient (Wildman–Crippen LogP) is 0.860. The molecule has 0 bridgehead atoms. The van der Waals surface area contributed by atoms with E-state index in [1.54, 1.807) is 6.92 Å². The zero-order valence-corrected chi connectivity index (χ0v) is 14.4. The fourth-order valence-corrected chi connectivity index (χ4v) is 2.30. The molecule has 2 rings (SSSR count). The number of ether oxygens (including phenoxy) is 1.